The average molecular weight is 426 g/mol. The van der Waals surface area contributed by atoms with Gasteiger partial charge in [-0.25, -0.2) is 0 Å². The van der Waals surface area contributed by atoms with Crippen LogP contribution in [0.2, 0.25) is 0 Å². The molecule has 5 rings (SSSR count). The van der Waals surface area contributed by atoms with E-state index in [0.717, 1.165) is 27.6 Å². The second-order valence-corrected chi connectivity index (χ2v) is 9.04. The number of fused-ring (bicyclic) bond motifs is 3. The quantitative estimate of drug-likeness (QED) is 0.454. The van der Waals surface area contributed by atoms with Crippen LogP contribution in [0.15, 0.2) is 92.9 Å². The van der Waals surface area contributed by atoms with Gasteiger partial charge in [0.15, 0.2) is 0 Å². The van der Waals surface area contributed by atoms with Crippen molar-refractivity contribution in [2.75, 3.05) is 17.0 Å². The Labute approximate surface area is 186 Å². The van der Waals surface area contributed by atoms with Crippen LogP contribution < -0.4 is 9.91 Å². The van der Waals surface area contributed by atoms with Gasteiger partial charge in [-0.1, -0.05) is 59.8 Å². The molecule has 3 aromatic rings. The van der Waals surface area contributed by atoms with Crippen LogP contribution >= 0.6 is 11.8 Å². The minimum atomic E-state index is -0.0793. The maximum Gasteiger partial charge on any atom is 0.280 e. The zero-order chi connectivity index (χ0) is 21.7. The van der Waals surface area contributed by atoms with Gasteiger partial charge in [0.1, 0.15) is 0 Å². The lowest BCUT2D eigenvalue weighted by Gasteiger charge is -2.16. The highest BCUT2D eigenvalue weighted by Crippen LogP contribution is 2.49. The van der Waals surface area contributed by atoms with Crippen LogP contribution in [-0.4, -0.2) is 18.7 Å². The van der Waals surface area contributed by atoms with Crippen molar-refractivity contribution in [3.05, 3.63) is 88.5 Å². The predicted octanol–water partition coefficient (Wildman–Crippen LogP) is 6.27. The molecule has 3 aromatic carbocycles. The lowest BCUT2D eigenvalue weighted by molar-refractivity contribution is -0.114. The number of thioether (sulfide) groups is 1. The largest absolute Gasteiger partial charge is 0.338 e. The van der Waals surface area contributed by atoms with Gasteiger partial charge in [-0.15, -0.1) is 0 Å². The van der Waals surface area contributed by atoms with Crippen LogP contribution in [0, 0.1) is 6.92 Å². The number of rotatable bonds is 2. The second-order valence-electron chi connectivity index (χ2n) is 7.97. The van der Waals surface area contributed by atoms with E-state index in [2.05, 4.69) is 59.5 Å². The van der Waals surface area contributed by atoms with Gasteiger partial charge in [0.05, 0.1) is 27.7 Å². The summed E-state index contributed by atoms with van der Waals surface area (Å²) in [6, 6.07) is 20.6. The highest BCUT2D eigenvalue weighted by Gasteiger charge is 2.31. The maximum atomic E-state index is 13.2. The van der Waals surface area contributed by atoms with Crippen molar-refractivity contribution in [2.45, 2.75) is 25.7 Å². The van der Waals surface area contributed by atoms with Crippen LogP contribution in [0.5, 0.6) is 0 Å². The van der Waals surface area contributed by atoms with E-state index in [9.17, 15) is 4.79 Å². The first-order chi connectivity index (χ1) is 14.9. The van der Waals surface area contributed by atoms with E-state index in [0.29, 0.717) is 5.57 Å². The summed E-state index contributed by atoms with van der Waals surface area (Å²) in [4.78, 5) is 16.6. The van der Waals surface area contributed by atoms with E-state index in [-0.39, 0.29) is 5.91 Å². The Balaban J connectivity index is 1.51. The zero-order valence-corrected chi connectivity index (χ0v) is 18.8. The first kappa shape index (κ1) is 19.6. The number of allylic oxidation sites excluding steroid dienone is 2. The number of carbonyl (C=O) groups excluding carboxylic acids is 1. The highest BCUT2D eigenvalue weighted by molar-refractivity contribution is 8.03. The monoisotopic (exact) mass is 425 g/mol. The van der Waals surface area contributed by atoms with Gasteiger partial charge in [-0.3, -0.25) is 4.79 Å². The molecule has 0 atom stereocenters. The van der Waals surface area contributed by atoms with E-state index >= 15 is 0 Å². The van der Waals surface area contributed by atoms with Crippen molar-refractivity contribution in [1.29, 1.82) is 0 Å². The third-order valence-electron chi connectivity index (χ3n) is 5.77. The topological polar surface area (TPSA) is 35.9 Å². The third kappa shape index (κ3) is 3.26. The molecule has 31 heavy (non-hydrogen) atoms. The standard InChI is InChI=1S/C26H23N3OS/c1-16-9-12-20(13-10-16)29-26(30)24(18(3)27-29)17(2)15-23-28(4)25-21-8-6-5-7-19(21)11-14-22(25)31-23/h5-15H,1-4H3/b23-15-,24-17+. The molecule has 154 valence electrons. The molecular weight excluding hydrogens is 402 g/mol. The number of carbonyl (C=O) groups is 1. The number of anilines is 2. The predicted molar refractivity (Wildman–Crippen MR) is 131 cm³/mol. The van der Waals surface area contributed by atoms with E-state index in [1.165, 1.54) is 26.4 Å². The van der Waals surface area contributed by atoms with Crippen LogP contribution in [0.4, 0.5) is 11.4 Å². The van der Waals surface area contributed by atoms with Crippen LogP contribution in [0.3, 0.4) is 0 Å². The van der Waals surface area contributed by atoms with Crippen molar-refractivity contribution in [1.82, 2.24) is 0 Å². The molecule has 2 heterocycles. The van der Waals surface area contributed by atoms with E-state index in [1.807, 2.05) is 45.0 Å². The summed E-state index contributed by atoms with van der Waals surface area (Å²) in [5.74, 6) is -0.0793. The summed E-state index contributed by atoms with van der Waals surface area (Å²) >= 11 is 1.74. The number of amides is 1. The minimum Gasteiger partial charge on any atom is -0.338 e. The van der Waals surface area contributed by atoms with Gasteiger partial charge in [0.25, 0.3) is 5.91 Å². The Kier molecular flexibility index (Phi) is 4.71. The molecule has 0 aliphatic carbocycles. The minimum absolute atomic E-state index is 0.0793. The molecule has 1 amide bonds. The zero-order valence-electron chi connectivity index (χ0n) is 18.0. The molecule has 0 aromatic heterocycles. The molecule has 0 unspecified atom stereocenters. The molecular formula is C26H23N3OS. The molecule has 5 heteroatoms. The normalized spacial score (nSPS) is 18.8. The molecule has 0 bridgehead atoms. The molecule has 2 aliphatic heterocycles. The number of hydrogen-bond acceptors (Lipinski definition) is 4. The summed E-state index contributed by atoms with van der Waals surface area (Å²) in [6.45, 7) is 5.92. The van der Waals surface area contributed by atoms with Gasteiger partial charge >= 0.3 is 0 Å². The fourth-order valence-electron chi connectivity index (χ4n) is 4.16. The first-order valence-electron chi connectivity index (χ1n) is 10.3. The first-order valence-corrected chi connectivity index (χ1v) is 11.1. The van der Waals surface area contributed by atoms with Crippen molar-refractivity contribution in [3.63, 3.8) is 0 Å². The van der Waals surface area contributed by atoms with Crippen LogP contribution in [-0.2, 0) is 4.79 Å². The molecule has 0 saturated carbocycles. The summed E-state index contributed by atoms with van der Waals surface area (Å²) in [5, 5.41) is 9.61. The molecule has 0 N–H and O–H groups in total. The number of hydrogen-bond donors (Lipinski definition) is 0. The number of nitrogens with zero attached hydrogens (tertiary/aromatic N) is 3. The van der Waals surface area contributed by atoms with Gasteiger partial charge in [0.2, 0.25) is 0 Å². The Morgan fingerprint density at radius 3 is 2.52 bits per heavy atom. The SMILES string of the molecule is CC1=NN(c2ccc(C)cc2)C(=O)/C1=C(C)/C=C1\Sc2ccc3ccccc3c2N1C. The van der Waals surface area contributed by atoms with Crippen LogP contribution in [0.1, 0.15) is 19.4 Å². The summed E-state index contributed by atoms with van der Waals surface area (Å²) in [7, 11) is 2.09. The third-order valence-corrected chi connectivity index (χ3v) is 6.93. The number of benzene rings is 3. The fourth-order valence-corrected chi connectivity index (χ4v) is 5.33. The van der Waals surface area contributed by atoms with Gasteiger partial charge in [0, 0.05) is 17.3 Å². The average Bonchev–Trinajstić information content (AvgIpc) is 3.24. The van der Waals surface area contributed by atoms with E-state index in [1.54, 1.807) is 11.8 Å². The Hall–Kier alpha value is -3.31. The summed E-state index contributed by atoms with van der Waals surface area (Å²) in [5.41, 5.74) is 5.50. The molecule has 2 aliphatic rings. The van der Waals surface area contributed by atoms with Gasteiger partial charge in [-0.05, 0) is 56.0 Å². The van der Waals surface area contributed by atoms with E-state index < -0.39 is 0 Å². The Bertz CT molecular complexity index is 1320. The molecule has 0 spiro atoms. The number of hydrazone groups is 1. The molecule has 0 radical (unpaired) electrons. The summed E-state index contributed by atoms with van der Waals surface area (Å²) < 4.78 is 0. The van der Waals surface area contributed by atoms with E-state index in [4.69, 9.17) is 0 Å². The van der Waals surface area contributed by atoms with Crippen molar-refractivity contribution in [3.8, 4) is 0 Å². The lowest BCUT2D eigenvalue weighted by Crippen LogP contribution is -2.22. The van der Waals surface area contributed by atoms with Crippen molar-refractivity contribution in [2.24, 2.45) is 5.10 Å². The smallest absolute Gasteiger partial charge is 0.280 e. The van der Waals surface area contributed by atoms with Gasteiger partial charge < -0.3 is 4.90 Å². The molecule has 0 saturated heterocycles. The highest BCUT2D eigenvalue weighted by atomic mass is 32.2. The summed E-state index contributed by atoms with van der Waals surface area (Å²) in [6.07, 6.45) is 2.10. The maximum absolute atomic E-state index is 13.2. The second kappa shape index (κ2) is 7.43. The molecule has 0 fully saturated rings. The van der Waals surface area contributed by atoms with Crippen molar-refractivity contribution < 1.29 is 4.79 Å². The molecule has 4 nitrogen and oxygen atoms in total. The lowest BCUT2D eigenvalue weighted by atomic mass is 10.0. The fraction of sp³-hybridized carbons (Fsp3) is 0.154. The van der Waals surface area contributed by atoms with Gasteiger partial charge in [-0.2, -0.15) is 10.1 Å². The van der Waals surface area contributed by atoms with Crippen LogP contribution in [0.25, 0.3) is 10.8 Å². The Morgan fingerprint density at radius 1 is 1.00 bits per heavy atom. The van der Waals surface area contributed by atoms with Crippen molar-refractivity contribution >= 4 is 45.5 Å². The number of aryl methyl sites for hydroxylation is 1. The Morgan fingerprint density at radius 2 is 1.74 bits per heavy atom.